The lowest BCUT2D eigenvalue weighted by molar-refractivity contribution is 0.508. The lowest BCUT2D eigenvalue weighted by atomic mass is 10.1. The van der Waals surface area contributed by atoms with Crippen molar-refractivity contribution >= 4 is 29.9 Å². The summed E-state index contributed by atoms with van der Waals surface area (Å²) in [5.41, 5.74) is 7.79. The van der Waals surface area contributed by atoms with Gasteiger partial charge in [0.2, 0.25) is 0 Å². The van der Waals surface area contributed by atoms with E-state index in [-0.39, 0.29) is 29.5 Å². The molecule has 0 amide bonds. The first-order valence-electron chi connectivity index (χ1n) is 6.88. The van der Waals surface area contributed by atoms with Crippen LogP contribution in [0.3, 0.4) is 0 Å². The molecule has 0 fully saturated rings. The Bertz CT molecular complexity index is 603. The van der Waals surface area contributed by atoms with Crippen LogP contribution in [0.5, 0.6) is 0 Å². The van der Waals surface area contributed by atoms with Gasteiger partial charge in [-0.1, -0.05) is 30.3 Å². The molecule has 6 heteroatoms. The van der Waals surface area contributed by atoms with Crippen molar-refractivity contribution in [2.24, 2.45) is 10.7 Å². The summed E-state index contributed by atoms with van der Waals surface area (Å²) in [6.07, 6.45) is 3.61. The number of guanidine groups is 1. The number of hydrogen-bond acceptors (Lipinski definition) is 3. The summed E-state index contributed by atoms with van der Waals surface area (Å²) in [5, 5.41) is 3.10. The van der Waals surface area contributed by atoms with Crippen LogP contribution in [0.15, 0.2) is 47.7 Å². The Kier molecular flexibility index (Phi) is 6.73. The summed E-state index contributed by atoms with van der Waals surface area (Å²) >= 11 is 0. The number of hydrogen-bond donors (Lipinski definition) is 2. The number of aromatic nitrogens is 2. The van der Waals surface area contributed by atoms with E-state index >= 15 is 0 Å². The molecule has 1 aromatic heterocycles. The summed E-state index contributed by atoms with van der Waals surface area (Å²) in [5.74, 6) is 1.05. The second-order valence-corrected chi connectivity index (χ2v) is 5.83. The van der Waals surface area contributed by atoms with Crippen LogP contribution in [0.4, 0.5) is 0 Å². The summed E-state index contributed by atoms with van der Waals surface area (Å²) in [4.78, 5) is 12.9. The molecule has 0 unspecified atom stereocenters. The van der Waals surface area contributed by atoms with E-state index in [1.165, 1.54) is 0 Å². The molecule has 0 bridgehead atoms. The van der Waals surface area contributed by atoms with Gasteiger partial charge in [0, 0.05) is 23.5 Å². The van der Waals surface area contributed by atoms with Crippen molar-refractivity contribution in [2.75, 3.05) is 0 Å². The molecule has 0 saturated carbocycles. The first-order valence-corrected chi connectivity index (χ1v) is 6.88. The van der Waals surface area contributed by atoms with Gasteiger partial charge in [-0.25, -0.2) is 15.0 Å². The number of halogens is 1. The highest BCUT2D eigenvalue weighted by Crippen LogP contribution is 2.16. The van der Waals surface area contributed by atoms with Gasteiger partial charge < -0.3 is 11.1 Å². The van der Waals surface area contributed by atoms with Gasteiger partial charge in [-0.2, -0.15) is 0 Å². The standard InChI is InChI=1S/C16H21N5.HI/c1-16(2,3)21-15(17)20-11-14-18-9-13(10-19-14)12-7-5-4-6-8-12;/h4-10H,11H2,1-3H3,(H3,17,20,21);1H. The molecule has 0 aliphatic carbocycles. The SMILES string of the molecule is CC(C)(C)NC(N)=NCc1ncc(-c2ccccc2)cn1.I. The molecule has 2 aromatic rings. The van der Waals surface area contributed by atoms with Crippen molar-refractivity contribution in [1.29, 1.82) is 0 Å². The number of nitrogens with two attached hydrogens (primary N) is 1. The Hall–Kier alpha value is -1.70. The summed E-state index contributed by atoms with van der Waals surface area (Å²) < 4.78 is 0. The maximum absolute atomic E-state index is 5.81. The molecule has 2 rings (SSSR count). The van der Waals surface area contributed by atoms with E-state index in [9.17, 15) is 0 Å². The molecule has 0 aliphatic heterocycles. The van der Waals surface area contributed by atoms with Gasteiger partial charge in [0.1, 0.15) is 12.4 Å². The van der Waals surface area contributed by atoms with Crippen LogP contribution >= 0.6 is 24.0 Å². The largest absolute Gasteiger partial charge is 0.370 e. The molecule has 0 aliphatic rings. The molecular formula is C16H22IN5. The number of rotatable bonds is 3. The van der Waals surface area contributed by atoms with E-state index in [0.717, 1.165) is 11.1 Å². The fraction of sp³-hybridized carbons (Fsp3) is 0.312. The molecule has 0 atom stereocenters. The van der Waals surface area contributed by atoms with Crippen LogP contribution < -0.4 is 11.1 Å². The molecular weight excluding hydrogens is 389 g/mol. The van der Waals surface area contributed by atoms with Gasteiger partial charge in [0.05, 0.1) is 0 Å². The van der Waals surface area contributed by atoms with Crippen molar-refractivity contribution in [1.82, 2.24) is 15.3 Å². The smallest absolute Gasteiger partial charge is 0.189 e. The fourth-order valence-electron chi connectivity index (χ4n) is 1.80. The molecule has 22 heavy (non-hydrogen) atoms. The highest BCUT2D eigenvalue weighted by molar-refractivity contribution is 14.0. The molecule has 118 valence electrons. The van der Waals surface area contributed by atoms with Crippen LogP contribution in [0, 0.1) is 0 Å². The minimum atomic E-state index is -0.106. The summed E-state index contributed by atoms with van der Waals surface area (Å²) in [6.45, 7) is 6.45. The first-order chi connectivity index (χ1) is 9.94. The zero-order valence-corrected chi connectivity index (χ0v) is 15.4. The lowest BCUT2D eigenvalue weighted by Crippen LogP contribution is -2.45. The predicted octanol–water partition coefficient (Wildman–Crippen LogP) is 2.96. The average molecular weight is 411 g/mol. The van der Waals surface area contributed by atoms with E-state index in [4.69, 9.17) is 5.73 Å². The van der Waals surface area contributed by atoms with Crippen molar-refractivity contribution in [3.63, 3.8) is 0 Å². The lowest BCUT2D eigenvalue weighted by Gasteiger charge is -2.20. The van der Waals surface area contributed by atoms with Crippen LogP contribution in [0.25, 0.3) is 11.1 Å². The third kappa shape index (κ3) is 5.97. The Morgan fingerprint density at radius 2 is 1.68 bits per heavy atom. The fourth-order valence-corrected chi connectivity index (χ4v) is 1.80. The van der Waals surface area contributed by atoms with Crippen LogP contribution in [-0.4, -0.2) is 21.5 Å². The molecule has 3 N–H and O–H groups in total. The van der Waals surface area contributed by atoms with Gasteiger partial charge in [0.15, 0.2) is 5.96 Å². The van der Waals surface area contributed by atoms with E-state index in [1.807, 2.05) is 51.1 Å². The van der Waals surface area contributed by atoms with E-state index in [0.29, 0.717) is 18.3 Å². The van der Waals surface area contributed by atoms with Gasteiger partial charge in [-0.05, 0) is 26.3 Å². The average Bonchev–Trinajstić information content (AvgIpc) is 2.45. The number of nitrogens with one attached hydrogen (secondary N) is 1. The third-order valence-corrected chi connectivity index (χ3v) is 2.71. The highest BCUT2D eigenvalue weighted by Gasteiger charge is 2.09. The predicted molar refractivity (Wildman–Crippen MR) is 101 cm³/mol. The molecule has 5 nitrogen and oxygen atoms in total. The minimum absolute atomic E-state index is 0. The van der Waals surface area contributed by atoms with Crippen LogP contribution in [0.1, 0.15) is 26.6 Å². The monoisotopic (exact) mass is 411 g/mol. The Morgan fingerprint density at radius 3 is 2.23 bits per heavy atom. The third-order valence-electron chi connectivity index (χ3n) is 2.71. The minimum Gasteiger partial charge on any atom is -0.370 e. The molecule has 1 aromatic carbocycles. The summed E-state index contributed by atoms with van der Waals surface area (Å²) in [7, 11) is 0. The molecule has 0 radical (unpaired) electrons. The second kappa shape index (κ2) is 8.07. The zero-order chi connectivity index (χ0) is 15.3. The van der Waals surface area contributed by atoms with Gasteiger partial charge in [0.25, 0.3) is 0 Å². The molecule has 1 heterocycles. The quantitative estimate of drug-likeness (QED) is 0.463. The van der Waals surface area contributed by atoms with E-state index in [1.54, 1.807) is 12.4 Å². The van der Waals surface area contributed by atoms with Crippen molar-refractivity contribution < 1.29 is 0 Å². The Labute approximate surface area is 148 Å². The number of nitrogens with zero attached hydrogens (tertiary/aromatic N) is 3. The summed E-state index contributed by atoms with van der Waals surface area (Å²) in [6, 6.07) is 10.0. The second-order valence-electron chi connectivity index (χ2n) is 5.83. The van der Waals surface area contributed by atoms with Crippen LogP contribution in [0.2, 0.25) is 0 Å². The van der Waals surface area contributed by atoms with Crippen molar-refractivity contribution in [2.45, 2.75) is 32.9 Å². The van der Waals surface area contributed by atoms with E-state index in [2.05, 4.69) is 20.3 Å². The molecule has 0 saturated heterocycles. The van der Waals surface area contributed by atoms with Crippen molar-refractivity contribution in [3.05, 3.63) is 48.5 Å². The maximum Gasteiger partial charge on any atom is 0.189 e. The van der Waals surface area contributed by atoms with Gasteiger partial charge in [-0.3, -0.25) is 0 Å². The first kappa shape index (κ1) is 18.3. The van der Waals surface area contributed by atoms with Gasteiger partial charge in [-0.15, -0.1) is 24.0 Å². The Balaban J connectivity index is 0.00000242. The molecule has 0 spiro atoms. The van der Waals surface area contributed by atoms with Gasteiger partial charge >= 0.3 is 0 Å². The van der Waals surface area contributed by atoms with Crippen molar-refractivity contribution in [3.8, 4) is 11.1 Å². The topological polar surface area (TPSA) is 76.2 Å². The highest BCUT2D eigenvalue weighted by atomic mass is 127. The number of aliphatic imine (C=N–C) groups is 1. The zero-order valence-electron chi connectivity index (χ0n) is 13.1. The van der Waals surface area contributed by atoms with Crippen LogP contribution in [-0.2, 0) is 6.54 Å². The maximum atomic E-state index is 5.81. The Morgan fingerprint density at radius 1 is 1.09 bits per heavy atom. The normalized spacial score (nSPS) is 11.7. The van der Waals surface area contributed by atoms with E-state index < -0.39 is 0 Å². The number of benzene rings is 1.